The fourth-order valence-corrected chi connectivity index (χ4v) is 6.16. The highest BCUT2D eigenvalue weighted by molar-refractivity contribution is 7.09. The minimum Gasteiger partial charge on any atom is -0.447 e. The Hall–Kier alpha value is -3.64. The SMILES string of the molecule is Cc1nc2cc(-c3cc(C(F)(F)F)ns3)c(N[C@H]3CCN4C(=O)OC[C@@H]4C3)cc2c(=O)n1Cc1ccc(Cl)cc1. The molecule has 4 aromatic rings. The van der Waals surface area contributed by atoms with Crippen LogP contribution in [0.25, 0.3) is 21.3 Å². The van der Waals surface area contributed by atoms with Crippen molar-refractivity contribution in [1.82, 2.24) is 18.8 Å². The maximum atomic E-state index is 13.7. The second-order valence-electron chi connectivity index (χ2n) is 9.96. The van der Waals surface area contributed by atoms with E-state index in [0.717, 1.165) is 23.2 Å². The summed E-state index contributed by atoms with van der Waals surface area (Å²) in [7, 11) is 0. The summed E-state index contributed by atoms with van der Waals surface area (Å²) in [5.41, 5.74) is 0.989. The van der Waals surface area contributed by atoms with E-state index in [2.05, 4.69) is 14.7 Å². The van der Waals surface area contributed by atoms with Crippen LogP contribution in [-0.4, -0.2) is 50.2 Å². The third-order valence-corrected chi connectivity index (χ3v) is 8.39. The highest BCUT2D eigenvalue weighted by Gasteiger charge is 2.38. The first-order valence-electron chi connectivity index (χ1n) is 12.6. The molecule has 0 spiro atoms. The first kappa shape index (κ1) is 26.6. The number of amides is 1. The predicted octanol–water partition coefficient (Wildman–Crippen LogP) is 5.94. The van der Waals surface area contributed by atoms with Gasteiger partial charge in [-0.05, 0) is 67.2 Å². The normalized spacial score (nSPS) is 19.1. The van der Waals surface area contributed by atoms with Crippen molar-refractivity contribution in [2.75, 3.05) is 18.5 Å². The molecule has 2 aromatic carbocycles. The Balaban J connectivity index is 1.42. The molecule has 0 unspecified atom stereocenters. The number of hydrogen-bond acceptors (Lipinski definition) is 7. The quantitative estimate of drug-likeness (QED) is 0.310. The van der Waals surface area contributed by atoms with E-state index in [1.165, 1.54) is 0 Å². The number of halogens is 4. The van der Waals surface area contributed by atoms with E-state index < -0.39 is 11.9 Å². The molecule has 40 heavy (non-hydrogen) atoms. The van der Waals surface area contributed by atoms with Crippen molar-refractivity contribution in [2.24, 2.45) is 0 Å². The van der Waals surface area contributed by atoms with Crippen LogP contribution in [0.15, 0.2) is 47.3 Å². The van der Waals surface area contributed by atoms with Gasteiger partial charge in [-0.3, -0.25) is 9.36 Å². The smallest absolute Gasteiger partial charge is 0.434 e. The van der Waals surface area contributed by atoms with Crippen molar-refractivity contribution < 1.29 is 22.7 Å². The Labute approximate surface area is 235 Å². The number of alkyl halides is 3. The lowest BCUT2D eigenvalue weighted by atomic mass is 9.97. The predicted molar refractivity (Wildman–Crippen MR) is 146 cm³/mol. The van der Waals surface area contributed by atoms with E-state index in [0.29, 0.717) is 63.9 Å². The number of nitrogens with zero attached hydrogens (tertiary/aromatic N) is 4. The van der Waals surface area contributed by atoms with E-state index in [1.807, 2.05) is 12.1 Å². The molecule has 2 atom stereocenters. The van der Waals surface area contributed by atoms with Crippen molar-refractivity contribution in [3.05, 3.63) is 74.9 Å². The fraction of sp³-hybridized carbons (Fsp3) is 0.333. The second kappa shape index (κ2) is 10.1. The number of rotatable bonds is 5. The lowest BCUT2D eigenvalue weighted by Gasteiger charge is -2.33. The maximum Gasteiger partial charge on any atom is 0.434 e. The molecule has 0 radical (unpaired) electrons. The molecule has 0 saturated carbocycles. The van der Waals surface area contributed by atoms with Gasteiger partial charge in [0.25, 0.3) is 5.56 Å². The molecule has 13 heteroatoms. The number of benzene rings is 2. The number of nitrogens with one attached hydrogen (secondary N) is 1. The van der Waals surface area contributed by atoms with E-state index in [9.17, 15) is 22.8 Å². The number of aromatic nitrogens is 3. The van der Waals surface area contributed by atoms with Gasteiger partial charge >= 0.3 is 12.3 Å². The summed E-state index contributed by atoms with van der Waals surface area (Å²) in [4.78, 5) is 32.2. The number of cyclic esters (lactones) is 1. The molecule has 2 saturated heterocycles. The van der Waals surface area contributed by atoms with Crippen LogP contribution < -0.4 is 10.9 Å². The molecular weight excluding hydrogens is 567 g/mol. The van der Waals surface area contributed by atoms with Gasteiger partial charge in [0, 0.05) is 28.9 Å². The Morgan fingerprint density at radius 1 is 1.18 bits per heavy atom. The molecule has 2 aromatic heterocycles. The number of carbonyl (C=O) groups excluding carboxylic acids is 1. The first-order valence-corrected chi connectivity index (χ1v) is 13.8. The van der Waals surface area contributed by atoms with Crippen molar-refractivity contribution >= 4 is 45.8 Å². The summed E-state index contributed by atoms with van der Waals surface area (Å²) in [5.74, 6) is 0.470. The largest absolute Gasteiger partial charge is 0.447 e. The number of aryl methyl sites for hydroxylation is 1. The highest BCUT2D eigenvalue weighted by atomic mass is 35.5. The standard InChI is InChI=1S/C27H23ClF3N5O3S/c1-14-32-22-9-19(23-11-24(34-40-23)27(29,30)31)21(33-17-6-7-35-18(8-17)13-39-26(35)38)10-20(22)25(37)36(14)12-15-2-4-16(28)5-3-15/h2-5,9-11,17-18,33H,6-8,12-13H2,1H3/t17-,18-/m0/s1. The van der Waals surface area contributed by atoms with Crippen LogP contribution in [-0.2, 0) is 17.5 Å². The molecule has 1 N–H and O–H groups in total. The fourth-order valence-electron chi connectivity index (χ4n) is 5.25. The number of carbonyl (C=O) groups is 1. The topological polar surface area (TPSA) is 89.4 Å². The van der Waals surface area contributed by atoms with Crippen LogP contribution in [0.3, 0.4) is 0 Å². The molecule has 2 aliphatic rings. The molecule has 4 heterocycles. The van der Waals surface area contributed by atoms with E-state index in [1.54, 1.807) is 40.7 Å². The second-order valence-corrected chi connectivity index (χ2v) is 11.2. The van der Waals surface area contributed by atoms with E-state index >= 15 is 0 Å². The van der Waals surface area contributed by atoms with E-state index in [-0.39, 0.29) is 30.3 Å². The summed E-state index contributed by atoms with van der Waals surface area (Å²) < 4.78 is 50.5. The zero-order chi connectivity index (χ0) is 28.2. The van der Waals surface area contributed by atoms with Gasteiger partial charge in [-0.1, -0.05) is 23.7 Å². The Kier molecular flexibility index (Phi) is 6.70. The summed E-state index contributed by atoms with van der Waals surface area (Å²) in [6.45, 7) is 2.80. The lowest BCUT2D eigenvalue weighted by molar-refractivity contribution is -0.140. The molecular formula is C27H23ClF3N5O3S. The van der Waals surface area contributed by atoms with Gasteiger partial charge in [0.2, 0.25) is 0 Å². The molecule has 6 rings (SSSR count). The van der Waals surface area contributed by atoms with Gasteiger partial charge in [0.15, 0.2) is 5.69 Å². The molecule has 2 aliphatic heterocycles. The molecule has 2 fully saturated rings. The third kappa shape index (κ3) is 5.01. The third-order valence-electron chi connectivity index (χ3n) is 7.31. The van der Waals surface area contributed by atoms with Crippen LogP contribution in [0.4, 0.5) is 23.7 Å². The van der Waals surface area contributed by atoms with Gasteiger partial charge in [0.05, 0.1) is 28.4 Å². The Morgan fingerprint density at radius 3 is 2.67 bits per heavy atom. The monoisotopic (exact) mass is 589 g/mol. The minimum absolute atomic E-state index is 0.0798. The van der Waals surface area contributed by atoms with Gasteiger partial charge in [-0.2, -0.15) is 17.5 Å². The van der Waals surface area contributed by atoms with Crippen LogP contribution in [0.2, 0.25) is 5.02 Å². The molecule has 1 amide bonds. The average molecular weight is 590 g/mol. The number of fused-ring (bicyclic) bond motifs is 2. The molecule has 0 bridgehead atoms. The number of anilines is 1. The average Bonchev–Trinajstić information content (AvgIpc) is 3.55. The maximum absolute atomic E-state index is 13.7. The molecule has 0 aliphatic carbocycles. The number of hydrogen-bond donors (Lipinski definition) is 1. The molecule has 8 nitrogen and oxygen atoms in total. The Bertz CT molecular complexity index is 1670. The van der Waals surface area contributed by atoms with Gasteiger partial charge in [-0.25, -0.2) is 9.78 Å². The number of piperidine rings is 1. The van der Waals surface area contributed by atoms with Crippen LogP contribution in [0.5, 0.6) is 0 Å². The zero-order valence-electron chi connectivity index (χ0n) is 21.2. The summed E-state index contributed by atoms with van der Waals surface area (Å²) >= 11 is 6.74. The van der Waals surface area contributed by atoms with Gasteiger partial charge in [-0.15, -0.1) is 0 Å². The minimum atomic E-state index is -4.58. The lowest BCUT2D eigenvalue weighted by Crippen LogP contribution is -2.45. The zero-order valence-corrected chi connectivity index (χ0v) is 22.7. The van der Waals surface area contributed by atoms with Crippen LogP contribution in [0, 0.1) is 6.92 Å². The van der Waals surface area contributed by atoms with Crippen molar-refractivity contribution in [1.29, 1.82) is 0 Å². The highest BCUT2D eigenvalue weighted by Crippen LogP contribution is 2.39. The van der Waals surface area contributed by atoms with Gasteiger partial charge < -0.3 is 15.0 Å². The summed E-state index contributed by atoms with van der Waals surface area (Å²) in [6, 6.07) is 11.3. The first-order chi connectivity index (χ1) is 19.1. The Morgan fingerprint density at radius 2 is 1.95 bits per heavy atom. The number of ether oxygens (including phenoxy) is 1. The van der Waals surface area contributed by atoms with Crippen molar-refractivity contribution in [3.63, 3.8) is 0 Å². The van der Waals surface area contributed by atoms with Crippen molar-refractivity contribution in [3.8, 4) is 10.4 Å². The van der Waals surface area contributed by atoms with Crippen LogP contribution in [0.1, 0.15) is 29.9 Å². The summed E-state index contributed by atoms with van der Waals surface area (Å²) in [5, 5.41) is 4.37. The van der Waals surface area contributed by atoms with Gasteiger partial charge in [0.1, 0.15) is 12.4 Å². The van der Waals surface area contributed by atoms with E-state index in [4.69, 9.17) is 16.3 Å². The van der Waals surface area contributed by atoms with Crippen molar-refractivity contribution in [2.45, 2.75) is 44.6 Å². The van der Waals surface area contributed by atoms with Crippen LogP contribution >= 0.6 is 23.1 Å². The summed E-state index contributed by atoms with van der Waals surface area (Å²) in [6.07, 6.45) is -3.69. The molecule has 208 valence electrons.